The summed E-state index contributed by atoms with van der Waals surface area (Å²) in [6.07, 6.45) is 4.60. The molecule has 3 rings (SSSR count). The SMILES string of the molecule is COc1ccccc1-c1nc(C2CCCC2)c(Br)c(=O)[nH]1. The predicted molar refractivity (Wildman–Crippen MR) is 85.8 cm³/mol. The molecule has 1 aliphatic rings. The molecule has 0 atom stereocenters. The van der Waals surface area contributed by atoms with Crippen molar-refractivity contribution in [1.29, 1.82) is 0 Å². The molecule has 0 saturated heterocycles. The van der Waals surface area contributed by atoms with Crippen molar-refractivity contribution in [2.75, 3.05) is 7.11 Å². The lowest BCUT2D eigenvalue weighted by Crippen LogP contribution is -2.15. The molecule has 0 spiro atoms. The first-order chi connectivity index (χ1) is 10.2. The Kier molecular flexibility index (Phi) is 4.10. The Hall–Kier alpha value is -1.62. The zero-order valence-corrected chi connectivity index (χ0v) is 13.4. The first-order valence-corrected chi connectivity index (χ1v) is 7.93. The third-order valence-electron chi connectivity index (χ3n) is 3.99. The Morgan fingerprint density at radius 3 is 2.71 bits per heavy atom. The number of ether oxygens (including phenoxy) is 1. The van der Waals surface area contributed by atoms with Gasteiger partial charge in [0.2, 0.25) is 0 Å². The van der Waals surface area contributed by atoms with E-state index in [9.17, 15) is 4.79 Å². The summed E-state index contributed by atoms with van der Waals surface area (Å²) in [5.41, 5.74) is 1.55. The molecule has 0 aliphatic heterocycles. The zero-order chi connectivity index (χ0) is 14.8. The number of nitrogens with zero attached hydrogens (tertiary/aromatic N) is 1. The molecule has 1 aliphatic carbocycles. The number of hydrogen-bond donors (Lipinski definition) is 1. The quantitative estimate of drug-likeness (QED) is 0.915. The van der Waals surface area contributed by atoms with Crippen LogP contribution in [-0.2, 0) is 0 Å². The van der Waals surface area contributed by atoms with Crippen molar-refractivity contribution in [3.8, 4) is 17.1 Å². The molecule has 5 heteroatoms. The van der Waals surface area contributed by atoms with Gasteiger partial charge in [-0.15, -0.1) is 0 Å². The molecule has 1 fully saturated rings. The first kappa shape index (κ1) is 14.3. The highest BCUT2D eigenvalue weighted by molar-refractivity contribution is 9.10. The van der Waals surface area contributed by atoms with Crippen molar-refractivity contribution in [3.05, 3.63) is 44.8 Å². The summed E-state index contributed by atoms with van der Waals surface area (Å²) >= 11 is 3.40. The van der Waals surface area contributed by atoms with Gasteiger partial charge in [-0.05, 0) is 40.9 Å². The molecule has 21 heavy (non-hydrogen) atoms. The summed E-state index contributed by atoms with van der Waals surface area (Å²) in [4.78, 5) is 19.8. The number of nitrogens with one attached hydrogen (secondary N) is 1. The van der Waals surface area contributed by atoms with Gasteiger partial charge >= 0.3 is 0 Å². The molecule has 1 saturated carbocycles. The largest absolute Gasteiger partial charge is 0.496 e. The minimum Gasteiger partial charge on any atom is -0.496 e. The summed E-state index contributed by atoms with van der Waals surface area (Å²) in [6, 6.07) is 7.59. The summed E-state index contributed by atoms with van der Waals surface area (Å²) in [5, 5.41) is 0. The van der Waals surface area contributed by atoms with Crippen LogP contribution in [0.4, 0.5) is 0 Å². The van der Waals surface area contributed by atoms with Gasteiger partial charge in [0.15, 0.2) is 0 Å². The number of rotatable bonds is 3. The van der Waals surface area contributed by atoms with E-state index in [0.717, 1.165) is 24.1 Å². The molecule has 4 nitrogen and oxygen atoms in total. The number of halogens is 1. The van der Waals surface area contributed by atoms with Gasteiger partial charge in [0.1, 0.15) is 16.0 Å². The molecular weight excluding hydrogens is 332 g/mol. The van der Waals surface area contributed by atoms with Crippen LogP contribution in [0.5, 0.6) is 5.75 Å². The Labute approximate surface area is 131 Å². The van der Waals surface area contributed by atoms with Crippen LogP contribution in [0.25, 0.3) is 11.4 Å². The first-order valence-electron chi connectivity index (χ1n) is 7.14. The molecule has 1 heterocycles. The highest BCUT2D eigenvalue weighted by Crippen LogP contribution is 2.36. The third kappa shape index (κ3) is 2.75. The molecule has 1 aromatic carbocycles. The summed E-state index contributed by atoms with van der Waals surface area (Å²) in [6.45, 7) is 0. The van der Waals surface area contributed by atoms with Gasteiger partial charge in [-0.25, -0.2) is 4.98 Å². The van der Waals surface area contributed by atoms with E-state index in [-0.39, 0.29) is 5.56 Å². The summed E-state index contributed by atoms with van der Waals surface area (Å²) < 4.78 is 5.92. The number of hydrogen-bond acceptors (Lipinski definition) is 3. The second-order valence-electron chi connectivity index (χ2n) is 5.30. The second-order valence-corrected chi connectivity index (χ2v) is 6.09. The van der Waals surface area contributed by atoms with Gasteiger partial charge in [-0.2, -0.15) is 0 Å². The van der Waals surface area contributed by atoms with E-state index < -0.39 is 0 Å². The molecule has 110 valence electrons. The number of methoxy groups -OCH3 is 1. The van der Waals surface area contributed by atoms with E-state index in [1.807, 2.05) is 24.3 Å². The monoisotopic (exact) mass is 348 g/mol. The van der Waals surface area contributed by atoms with Crippen LogP contribution in [0.3, 0.4) is 0 Å². The van der Waals surface area contributed by atoms with Crippen LogP contribution in [0.15, 0.2) is 33.5 Å². The minimum absolute atomic E-state index is 0.132. The fourth-order valence-electron chi connectivity index (χ4n) is 2.91. The number of benzene rings is 1. The van der Waals surface area contributed by atoms with Crippen molar-refractivity contribution >= 4 is 15.9 Å². The average molecular weight is 349 g/mol. The van der Waals surface area contributed by atoms with Gasteiger partial charge in [0.05, 0.1) is 18.4 Å². The Balaban J connectivity index is 2.13. The van der Waals surface area contributed by atoms with Crippen molar-refractivity contribution in [1.82, 2.24) is 9.97 Å². The predicted octanol–water partition coefficient (Wildman–Crippen LogP) is 3.87. The maximum absolute atomic E-state index is 12.2. The highest BCUT2D eigenvalue weighted by atomic mass is 79.9. The molecule has 0 radical (unpaired) electrons. The van der Waals surface area contributed by atoms with Gasteiger partial charge in [0, 0.05) is 5.92 Å². The topological polar surface area (TPSA) is 55.0 Å². The standard InChI is InChI=1S/C16H17BrN2O2/c1-21-12-9-5-4-8-11(12)15-18-14(10-6-2-3-7-10)13(17)16(20)19-15/h4-5,8-10H,2-3,6-7H2,1H3,(H,18,19,20). The number of aromatic amines is 1. The average Bonchev–Trinajstić information content (AvgIpc) is 3.04. The maximum atomic E-state index is 12.2. The van der Waals surface area contributed by atoms with Crippen LogP contribution >= 0.6 is 15.9 Å². The molecule has 0 bridgehead atoms. The van der Waals surface area contributed by atoms with Crippen LogP contribution < -0.4 is 10.3 Å². The second kappa shape index (κ2) is 6.02. The highest BCUT2D eigenvalue weighted by Gasteiger charge is 2.23. The zero-order valence-electron chi connectivity index (χ0n) is 11.9. The maximum Gasteiger partial charge on any atom is 0.265 e. The van der Waals surface area contributed by atoms with Crippen molar-refractivity contribution in [2.45, 2.75) is 31.6 Å². The Morgan fingerprint density at radius 1 is 1.29 bits per heavy atom. The molecule has 0 unspecified atom stereocenters. The molecule has 0 amide bonds. The van der Waals surface area contributed by atoms with E-state index in [1.54, 1.807) is 7.11 Å². The third-order valence-corrected chi connectivity index (χ3v) is 4.76. The fraction of sp³-hybridized carbons (Fsp3) is 0.375. The van der Waals surface area contributed by atoms with Crippen LogP contribution in [0.1, 0.15) is 37.3 Å². The molecule has 2 aromatic rings. The number of aromatic nitrogens is 2. The lowest BCUT2D eigenvalue weighted by molar-refractivity contribution is 0.416. The van der Waals surface area contributed by atoms with Gasteiger partial charge in [-0.1, -0.05) is 25.0 Å². The fourth-order valence-corrected chi connectivity index (χ4v) is 3.43. The normalized spacial score (nSPS) is 15.3. The Bertz CT molecular complexity index is 706. The van der Waals surface area contributed by atoms with Gasteiger partial charge in [0.25, 0.3) is 5.56 Å². The number of para-hydroxylation sites is 1. The number of H-pyrrole nitrogens is 1. The lowest BCUT2D eigenvalue weighted by atomic mass is 10.0. The van der Waals surface area contributed by atoms with Crippen molar-refractivity contribution in [2.24, 2.45) is 0 Å². The Morgan fingerprint density at radius 2 is 2.00 bits per heavy atom. The molecule has 1 N–H and O–H groups in total. The van der Waals surface area contributed by atoms with Crippen LogP contribution in [0, 0.1) is 0 Å². The van der Waals surface area contributed by atoms with E-state index in [0.29, 0.717) is 22.0 Å². The summed E-state index contributed by atoms with van der Waals surface area (Å²) in [5.74, 6) is 1.65. The van der Waals surface area contributed by atoms with E-state index in [1.165, 1.54) is 12.8 Å². The van der Waals surface area contributed by atoms with Crippen LogP contribution in [-0.4, -0.2) is 17.1 Å². The van der Waals surface area contributed by atoms with E-state index >= 15 is 0 Å². The summed E-state index contributed by atoms with van der Waals surface area (Å²) in [7, 11) is 1.62. The minimum atomic E-state index is -0.132. The smallest absolute Gasteiger partial charge is 0.265 e. The lowest BCUT2D eigenvalue weighted by Gasteiger charge is -2.13. The van der Waals surface area contributed by atoms with Gasteiger partial charge < -0.3 is 9.72 Å². The van der Waals surface area contributed by atoms with Crippen molar-refractivity contribution in [3.63, 3.8) is 0 Å². The molecule has 1 aromatic heterocycles. The van der Waals surface area contributed by atoms with E-state index in [2.05, 4.69) is 20.9 Å². The van der Waals surface area contributed by atoms with Crippen LogP contribution in [0.2, 0.25) is 0 Å². The molecular formula is C16H17BrN2O2. The van der Waals surface area contributed by atoms with Crippen molar-refractivity contribution < 1.29 is 4.74 Å². The van der Waals surface area contributed by atoms with E-state index in [4.69, 9.17) is 9.72 Å². The van der Waals surface area contributed by atoms with Gasteiger partial charge in [-0.3, -0.25) is 4.79 Å².